The number of anilines is 1. The van der Waals surface area contributed by atoms with Crippen molar-refractivity contribution < 1.29 is 4.74 Å². The Morgan fingerprint density at radius 1 is 1.32 bits per heavy atom. The minimum Gasteiger partial charge on any atom is -0.491 e. The summed E-state index contributed by atoms with van der Waals surface area (Å²) in [5, 5.41) is 0. The van der Waals surface area contributed by atoms with E-state index in [1.54, 1.807) is 0 Å². The Kier molecular flexibility index (Phi) is 4.67. The summed E-state index contributed by atoms with van der Waals surface area (Å²) in [7, 11) is 0. The fourth-order valence-corrected chi connectivity index (χ4v) is 3.12. The Hall–Kier alpha value is -0.830. The van der Waals surface area contributed by atoms with Gasteiger partial charge in [0.2, 0.25) is 0 Å². The predicted octanol–water partition coefficient (Wildman–Crippen LogP) is 3.87. The third-order valence-corrected chi connectivity index (χ3v) is 4.36. The van der Waals surface area contributed by atoms with E-state index in [2.05, 4.69) is 56.5 Å². The molecule has 2 rings (SSSR count). The molecule has 1 aromatic rings. The molecule has 0 N–H and O–H groups in total. The first kappa shape index (κ1) is 14.6. The molecule has 1 aromatic carbocycles. The second-order valence-electron chi connectivity index (χ2n) is 6.36. The Balaban J connectivity index is 2.20. The van der Waals surface area contributed by atoms with Crippen molar-refractivity contribution in [1.29, 1.82) is 0 Å². The molecular formula is C16H25NOS. The van der Waals surface area contributed by atoms with Crippen molar-refractivity contribution in [2.24, 2.45) is 11.3 Å². The van der Waals surface area contributed by atoms with E-state index in [9.17, 15) is 0 Å². The first-order valence-corrected chi connectivity index (χ1v) is 7.73. The molecule has 0 amide bonds. The highest BCUT2D eigenvalue weighted by Gasteiger charge is 2.27. The van der Waals surface area contributed by atoms with Crippen LogP contribution < -0.4 is 9.64 Å². The molecule has 2 nitrogen and oxygen atoms in total. The Morgan fingerprint density at radius 3 is 2.74 bits per heavy atom. The number of fused-ring (bicyclic) bond motifs is 1. The Morgan fingerprint density at radius 2 is 2.05 bits per heavy atom. The van der Waals surface area contributed by atoms with Gasteiger partial charge in [-0.1, -0.05) is 32.9 Å². The molecule has 0 saturated heterocycles. The minimum absolute atomic E-state index is 0.282. The van der Waals surface area contributed by atoms with Crippen LogP contribution in [-0.4, -0.2) is 25.4 Å². The van der Waals surface area contributed by atoms with Crippen LogP contribution in [0.2, 0.25) is 0 Å². The van der Waals surface area contributed by atoms with E-state index in [0.717, 1.165) is 37.6 Å². The summed E-state index contributed by atoms with van der Waals surface area (Å²) < 4.78 is 5.82. The summed E-state index contributed by atoms with van der Waals surface area (Å²) in [5.41, 5.74) is 1.51. The Labute approximate surface area is 122 Å². The molecule has 0 spiro atoms. The molecule has 0 radical (unpaired) electrons. The van der Waals surface area contributed by atoms with Gasteiger partial charge in [-0.3, -0.25) is 0 Å². The van der Waals surface area contributed by atoms with E-state index in [4.69, 9.17) is 4.74 Å². The van der Waals surface area contributed by atoms with Gasteiger partial charge in [-0.25, -0.2) is 0 Å². The number of ether oxygens (including phenoxy) is 1. The minimum atomic E-state index is 0.282. The van der Waals surface area contributed by atoms with Crippen LogP contribution in [0.4, 0.5) is 5.69 Å². The molecule has 19 heavy (non-hydrogen) atoms. The number of para-hydroxylation sites is 2. The highest BCUT2D eigenvalue weighted by Crippen LogP contribution is 2.34. The van der Waals surface area contributed by atoms with Gasteiger partial charge in [0.15, 0.2) is 0 Å². The monoisotopic (exact) mass is 279 g/mol. The molecule has 0 aliphatic carbocycles. The van der Waals surface area contributed by atoms with Crippen molar-refractivity contribution in [2.75, 3.05) is 30.3 Å². The van der Waals surface area contributed by atoms with Crippen molar-refractivity contribution in [3.8, 4) is 5.75 Å². The lowest BCUT2D eigenvalue weighted by Gasteiger charge is -2.35. The van der Waals surface area contributed by atoms with E-state index < -0.39 is 0 Å². The third-order valence-electron chi connectivity index (χ3n) is 3.92. The van der Waals surface area contributed by atoms with Crippen molar-refractivity contribution in [2.45, 2.75) is 27.2 Å². The van der Waals surface area contributed by atoms with Gasteiger partial charge >= 0.3 is 0 Å². The fourth-order valence-electron chi connectivity index (χ4n) is 2.46. The maximum atomic E-state index is 5.82. The number of hydrogen-bond acceptors (Lipinski definition) is 3. The van der Waals surface area contributed by atoms with Crippen LogP contribution in [0.25, 0.3) is 0 Å². The highest BCUT2D eigenvalue weighted by molar-refractivity contribution is 7.80. The predicted molar refractivity (Wildman–Crippen MR) is 85.6 cm³/mol. The van der Waals surface area contributed by atoms with Gasteiger partial charge < -0.3 is 9.64 Å². The third kappa shape index (κ3) is 3.59. The maximum absolute atomic E-state index is 5.82. The molecule has 0 fully saturated rings. The van der Waals surface area contributed by atoms with Crippen LogP contribution in [-0.2, 0) is 0 Å². The summed E-state index contributed by atoms with van der Waals surface area (Å²) in [6.45, 7) is 9.83. The molecule has 0 saturated carbocycles. The van der Waals surface area contributed by atoms with E-state index in [-0.39, 0.29) is 5.41 Å². The van der Waals surface area contributed by atoms with Gasteiger partial charge in [-0.2, -0.15) is 12.6 Å². The first-order valence-electron chi connectivity index (χ1n) is 7.10. The molecular weight excluding hydrogens is 254 g/mol. The number of thiol groups is 1. The quantitative estimate of drug-likeness (QED) is 0.843. The molecule has 3 heteroatoms. The summed E-state index contributed by atoms with van der Waals surface area (Å²) >= 11 is 4.55. The summed E-state index contributed by atoms with van der Waals surface area (Å²) in [6, 6.07) is 8.37. The van der Waals surface area contributed by atoms with Crippen LogP contribution in [0.5, 0.6) is 5.75 Å². The lowest BCUT2D eigenvalue weighted by molar-refractivity contribution is 0.269. The zero-order valence-corrected chi connectivity index (χ0v) is 13.1. The standard InChI is InChI=1S/C16H25NOS/c1-16(2,3)13(12-19)11-17-9-6-10-18-15-8-5-4-7-14(15)17/h4-5,7-8,13,19H,6,9-12H2,1-3H3. The van der Waals surface area contributed by atoms with Crippen molar-refractivity contribution in [1.82, 2.24) is 0 Å². The fraction of sp³-hybridized carbons (Fsp3) is 0.625. The number of rotatable bonds is 3. The number of hydrogen-bond donors (Lipinski definition) is 1. The average molecular weight is 279 g/mol. The van der Waals surface area contributed by atoms with Gasteiger partial charge in [-0.15, -0.1) is 0 Å². The molecule has 1 aliphatic rings. The molecule has 1 atom stereocenters. The van der Waals surface area contributed by atoms with Crippen LogP contribution in [0.3, 0.4) is 0 Å². The number of benzene rings is 1. The largest absolute Gasteiger partial charge is 0.491 e. The SMILES string of the molecule is CC(C)(C)C(CS)CN1CCCOc2ccccc21. The molecule has 0 bridgehead atoms. The van der Waals surface area contributed by atoms with Crippen LogP contribution in [0.15, 0.2) is 24.3 Å². The van der Waals surface area contributed by atoms with Gasteiger partial charge in [0, 0.05) is 13.1 Å². The maximum Gasteiger partial charge on any atom is 0.142 e. The average Bonchev–Trinajstić information content (AvgIpc) is 2.57. The van der Waals surface area contributed by atoms with Crippen molar-refractivity contribution in [3.05, 3.63) is 24.3 Å². The van der Waals surface area contributed by atoms with Gasteiger partial charge in [-0.05, 0) is 35.6 Å². The number of nitrogens with zero attached hydrogens (tertiary/aromatic N) is 1. The zero-order chi connectivity index (χ0) is 13.9. The molecule has 1 aliphatic heterocycles. The topological polar surface area (TPSA) is 12.5 Å². The lowest BCUT2D eigenvalue weighted by atomic mass is 9.81. The molecule has 1 heterocycles. The van der Waals surface area contributed by atoms with Crippen LogP contribution in [0, 0.1) is 11.3 Å². The molecule has 106 valence electrons. The van der Waals surface area contributed by atoms with Crippen LogP contribution in [0.1, 0.15) is 27.2 Å². The van der Waals surface area contributed by atoms with Crippen molar-refractivity contribution >= 4 is 18.3 Å². The second-order valence-corrected chi connectivity index (χ2v) is 6.73. The van der Waals surface area contributed by atoms with Crippen molar-refractivity contribution in [3.63, 3.8) is 0 Å². The van der Waals surface area contributed by atoms with E-state index in [0.29, 0.717) is 5.92 Å². The smallest absolute Gasteiger partial charge is 0.142 e. The second kappa shape index (κ2) is 6.08. The highest BCUT2D eigenvalue weighted by atomic mass is 32.1. The molecule has 0 aromatic heterocycles. The summed E-state index contributed by atoms with van der Waals surface area (Å²) in [5.74, 6) is 2.51. The Bertz CT molecular complexity index is 413. The van der Waals surface area contributed by atoms with E-state index in [1.165, 1.54) is 5.69 Å². The lowest BCUT2D eigenvalue weighted by Crippen LogP contribution is -2.37. The van der Waals surface area contributed by atoms with Gasteiger partial charge in [0.25, 0.3) is 0 Å². The van der Waals surface area contributed by atoms with Gasteiger partial charge in [0.05, 0.1) is 12.3 Å². The van der Waals surface area contributed by atoms with Crippen LogP contribution >= 0.6 is 12.6 Å². The molecule has 1 unspecified atom stereocenters. The van der Waals surface area contributed by atoms with Gasteiger partial charge in [0.1, 0.15) is 5.75 Å². The zero-order valence-electron chi connectivity index (χ0n) is 12.2. The first-order chi connectivity index (χ1) is 9.02. The van der Waals surface area contributed by atoms with E-state index in [1.807, 2.05) is 6.07 Å². The normalized spacial score (nSPS) is 17.4. The summed E-state index contributed by atoms with van der Waals surface area (Å²) in [4.78, 5) is 2.47. The van der Waals surface area contributed by atoms with E-state index >= 15 is 0 Å². The summed E-state index contributed by atoms with van der Waals surface area (Å²) in [6.07, 6.45) is 1.08.